The van der Waals surface area contributed by atoms with Crippen molar-refractivity contribution in [3.63, 3.8) is 0 Å². The molecule has 0 spiro atoms. The summed E-state index contributed by atoms with van der Waals surface area (Å²) in [6.45, 7) is 5.90. The van der Waals surface area contributed by atoms with E-state index in [9.17, 15) is 9.90 Å². The topological polar surface area (TPSA) is 78.5 Å². The van der Waals surface area contributed by atoms with Crippen molar-refractivity contribution in [3.05, 3.63) is 54.2 Å². The number of anilines is 1. The van der Waals surface area contributed by atoms with E-state index in [2.05, 4.69) is 10.2 Å². The number of rotatable bonds is 4. The molecule has 0 aliphatic heterocycles. The molecular weight excluding hydrogens is 318 g/mol. The van der Waals surface area contributed by atoms with Crippen molar-refractivity contribution < 1.29 is 14.6 Å². The standard InChI is InChI=1S/C19H21N3O3/c1-19(2,3)22(18(23)24)16-9-14-11-20-21-15(14)10-17(16)25-12-13-7-5-4-6-8-13/h4-11H,12H2,1-3H3,(H,20,21)(H,23,24). The van der Waals surface area contributed by atoms with E-state index < -0.39 is 11.6 Å². The quantitative estimate of drug-likeness (QED) is 0.737. The highest BCUT2D eigenvalue weighted by Crippen LogP contribution is 2.37. The van der Waals surface area contributed by atoms with E-state index in [1.165, 1.54) is 4.90 Å². The maximum absolute atomic E-state index is 11.9. The average Bonchev–Trinajstić information content (AvgIpc) is 2.99. The van der Waals surface area contributed by atoms with E-state index in [0.717, 1.165) is 16.5 Å². The molecule has 0 atom stereocenters. The molecule has 6 heteroatoms. The van der Waals surface area contributed by atoms with Crippen molar-refractivity contribution >= 4 is 22.7 Å². The minimum Gasteiger partial charge on any atom is -0.487 e. The number of amides is 1. The minimum absolute atomic E-state index is 0.352. The van der Waals surface area contributed by atoms with Crippen LogP contribution in [0.4, 0.5) is 10.5 Å². The molecule has 0 aliphatic rings. The second kappa shape index (κ2) is 6.47. The molecule has 0 unspecified atom stereocenters. The molecule has 0 saturated carbocycles. The Morgan fingerprint density at radius 2 is 1.96 bits per heavy atom. The molecule has 1 amide bonds. The van der Waals surface area contributed by atoms with Crippen molar-refractivity contribution in [2.24, 2.45) is 0 Å². The van der Waals surface area contributed by atoms with E-state index in [1.807, 2.05) is 51.1 Å². The highest BCUT2D eigenvalue weighted by Gasteiger charge is 2.30. The number of H-pyrrole nitrogens is 1. The first-order valence-electron chi connectivity index (χ1n) is 8.03. The van der Waals surface area contributed by atoms with Crippen LogP contribution in [0.15, 0.2) is 48.7 Å². The Bertz CT molecular complexity index is 882. The summed E-state index contributed by atoms with van der Waals surface area (Å²) in [5.74, 6) is 0.498. The van der Waals surface area contributed by atoms with E-state index in [0.29, 0.717) is 18.0 Å². The molecule has 0 bridgehead atoms. The molecule has 2 N–H and O–H groups in total. The third-order valence-corrected chi connectivity index (χ3v) is 3.86. The molecule has 0 aliphatic carbocycles. The van der Waals surface area contributed by atoms with Crippen LogP contribution < -0.4 is 9.64 Å². The van der Waals surface area contributed by atoms with E-state index in [1.54, 1.807) is 18.3 Å². The van der Waals surface area contributed by atoms with Gasteiger partial charge in [-0.05, 0) is 32.4 Å². The van der Waals surface area contributed by atoms with Gasteiger partial charge < -0.3 is 9.84 Å². The largest absolute Gasteiger partial charge is 0.487 e. The van der Waals surface area contributed by atoms with Gasteiger partial charge in [-0.25, -0.2) is 4.79 Å². The Labute approximate surface area is 146 Å². The molecule has 6 nitrogen and oxygen atoms in total. The molecule has 1 aromatic heterocycles. The predicted molar refractivity (Wildman–Crippen MR) is 97.1 cm³/mol. The summed E-state index contributed by atoms with van der Waals surface area (Å²) in [5.41, 5.74) is 1.69. The molecule has 130 valence electrons. The summed E-state index contributed by atoms with van der Waals surface area (Å²) in [6, 6.07) is 13.3. The lowest BCUT2D eigenvalue weighted by molar-refractivity contribution is 0.195. The van der Waals surface area contributed by atoms with Crippen molar-refractivity contribution in [2.75, 3.05) is 4.90 Å². The van der Waals surface area contributed by atoms with Crippen LogP contribution in [0, 0.1) is 0 Å². The number of nitrogens with one attached hydrogen (secondary N) is 1. The number of carboxylic acid groups (broad SMARTS) is 1. The lowest BCUT2D eigenvalue weighted by Crippen LogP contribution is -2.45. The molecule has 0 saturated heterocycles. The maximum atomic E-state index is 11.9. The summed E-state index contributed by atoms with van der Waals surface area (Å²) in [5, 5.41) is 17.5. The van der Waals surface area contributed by atoms with Crippen molar-refractivity contribution in [3.8, 4) is 5.75 Å². The molecule has 0 fully saturated rings. The predicted octanol–water partition coefficient (Wildman–Crippen LogP) is 4.42. The molecule has 2 aromatic carbocycles. The monoisotopic (exact) mass is 339 g/mol. The van der Waals surface area contributed by atoms with Gasteiger partial charge in [0.2, 0.25) is 0 Å². The molecule has 1 heterocycles. The van der Waals surface area contributed by atoms with Gasteiger partial charge in [0.15, 0.2) is 0 Å². The first-order chi connectivity index (χ1) is 11.9. The smallest absolute Gasteiger partial charge is 0.412 e. The summed E-state index contributed by atoms with van der Waals surface area (Å²) >= 11 is 0. The number of hydrogen-bond donors (Lipinski definition) is 2. The second-order valence-corrected chi connectivity index (χ2v) is 6.84. The van der Waals surface area contributed by atoms with Crippen LogP contribution in [0.5, 0.6) is 5.75 Å². The van der Waals surface area contributed by atoms with Crippen LogP contribution in [0.25, 0.3) is 10.9 Å². The lowest BCUT2D eigenvalue weighted by Gasteiger charge is -2.34. The summed E-state index contributed by atoms with van der Waals surface area (Å²) in [6.07, 6.45) is 0.641. The van der Waals surface area contributed by atoms with Crippen LogP contribution in [-0.4, -0.2) is 26.9 Å². The number of aromatic nitrogens is 2. The number of carbonyl (C=O) groups is 1. The third-order valence-electron chi connectivity index (χ3n) is 3.86. The number of nitrogens with zero attached hydrogens (tertiary/aromatic N) is 2. The molecular formula is C19H21N3O3. The van der Waals surface area contributed by atoms with E-state index >= 15 is 0 Å². The van der Waals surface area contributed by atoms with E-state index in [-0.39, 0.29) is 0 Å². The highest BCUT2D eigenvalue weighted by molar-refractivity contribution is 5.94. The Kier molecular flexibility index (Phi) is 4.35. The van der Waals surface area contributed by atoms with Crippen molar-refractivity contribution in [1.29, 1.82) is 0 Å². The Morgan fingerprint density at radius 3 is 2.60 bits per heavy atom. The fourth-order valence-corrected chi connectivity index (χ4v) is 2.74. The van der Waals surface area contributed by atoms with Crippen LogP contribution in [0.2, 0.25) is 0 Å². The number of ether oxygens (including phenoxy) is 1. The van der Waals surface area contributed by atoms with Crippen molar-refractivity contribution in [2.45, 2.75) is 32.9 Å². The Balaban J connectivity index is 2.04. The molecule has 3 aromatic rings. The van der Waals surface area contributed by atoms with Gasteiger partial charge in [-0.1, -0.05) is 30.3 Å². The number of benzene rings is 2. The van der Waals surface area contributed by atoms with Crippen LogP contribution >= 0.6 is 0 Å². The first-order valence-corrected chi connectivity index (χ1v) is 8.03. The van der Waals surface area contributed by atoms with Crippen LogP contribution in [-0.2, 0) is 6.61 Å². The maximum Gasteiger partial charge on any atom is 0.412 e. The average molecular weight is 339 g/mol. The van der Waals surface area contributed by atoms with Gasteiger partial charge in [0.1, 0.15) is 12.4 Å². The zero-order valence-corrected chi connectivity index (χ0v) is 14.5. The van der Waals surface area contributed by atoms with Crippen molar-refractivity contribution in [1.82, 2.24) is 10.2 Å². The van der Waals surface area contributed by atoms with Gasteiger partial charge >= 0.3 is 6.09 Å². The number of hydrogen-bond acceptors (Lipinski definition) is 3. The fraction of sp³-hybridized carbons (Fsp3) is 0.263. The Hall–Kier alpha value is -3.02. The Morgan fingerprint density at radius 1 is 1.24 bits per heavy atom. The SMILES string of the molecule is CC(C)(C)N(C(=O)O)c1cc2cn[nH]c2cc1OCc1ccccc1. The van der Waals surface area contributed by atoms with Gasteiger partial charge in [-0.15, -0.1) is 0 Å². The van der Waals surface area contributed by atoms with Crippen LogP contribution in [0.3, 0.4) is 0 Å². The van der Waals surface area contributed by atoms with Gasteiger partial charge in [0.05, 0.1) is 17.4 Å². The lowest BCUT2D eigenvalue weighted by atomic mass is 10.0. The summed E-state index contributed by atoms with van der Waals surface area (Å²) in [7, 11) is 0. The molecule has 3 rings (SSSR count). The summed E-state index contributed by atoms with van der Waals surface area (Å²) in [4.78, 5) is 13.2. The summed E-state index contributed by atoms with van der Waals surface area (Å²) < 4.78 is 5.97. The van der Waals surface area contributed by atoms with Gasteiger partial charge in [0.25, 0.3) is 0 Å². The van der Waals surface area contributed by atoms with E-state index in [4.69, 9.17) is 4.74 Å². The number of fused-ring (bicyclic) bond motifs is 1. The second-order valence-electron chi connectivity index (χ2n) is 6.84. The third kappa shape index (κ3) is 3.57. The van der Waals surface area contributed by atoms with Crippen LogP contribution in [0.1, 0.15) is 26.3 Å². The first kappa shape index (κ1) is 16.8. The normalized spacial score (nSPS) is 11.5. The fourth-order valence-electron chi connectivity index (χ4n) is 2.74. The number of aromatic amines is 1. The van der Waals surface area contributed by atoms with Gasteiger partial charge in [-0.2, -0.15) is 5.10 Å². The highest BCUT2D eigenvalue weighted by atomic mass is 16.5. The van der Waals surface area contributed by atoms with Gasteiger partial charge in [-0.3, -0.25) is 10.00 Å². The molecule has 25 heavy (non-hydrogen) atoms. The zero-order chi connectivity index (χ0) is 18.0. The molecule has 0 radical (unpaired) electrons. The zero-order valence-electron chi connectivity index (χ0n) is 14.5. The van der Waals surface area contributed by atoms with Gasteiger partial charge in [0, 0.05) is 17.0 Å². The minimum atomic E-state index is -1.03.